The first-order valence-electron chi connectivity index (χ1n) is 10.3. The highest BCUT2D eigenvalue weighted by molar-refractivity contribution is 7.91. The number of carbonyl (C=O) groups excluding carboxylic acids is 1. The summed E-state index contributed by atoms with van der Waals surface area (Å²) in [5.74, 6) is -0.622. The van der Waals surface area contributed by atoms with Gasteiger partial charge in [0, 0.05) is 25.0 Å². The highest BCUT2D eigenvalue weighted by Gasteiger charge is 2.28. The zero-order valence-electron chi connectivity index (χ0n) is 19.5. The number of aryl methyl sites for hydroxylation is 2. The molecule has 3 rings (SSSR count). The molecule has 1 aromatic carbocycles. The Morgan fingerprint density at radius 3 is 2.42 bits per heavy atom. The standard InChI is InChI=1S/C23H27FN4O4S/c1-15-7-10-20(19(24)11-15)28-21(33(30,31)18-9-8-16(2)25-13-18)12-17(26-28)14-27(6)22(29)32-23(3,4)5/h7-13H,14H2,1-6H3. The minimum absolute atomic E-state index is 0.0228. The minimum Gasteiger partial charge on any atom is -0.444 e. The molecule has 2 heterocycles. The van der Waals surface area contributed by atoms with Crippen molar-refractivity contribution in [1.29, 1.82) is 0 Å². The van der Waals surface area contributed by atoms with Crippen molar-refractivity contribution < 1.29 is 22.3 Å². The van der Waals surface area contributed by atoms with Gasteiger partial charge in [-0.15, -0.1) is 0 Å². The Hall–Kier alpha value is -3.27. The molecule has 1 amide bonds. The Bertz CT molecular complexity index is 1280. The largest absolute Gasteiger partial charge is 0.444 e. The van der Waals surface area contributed by atoms with E-state index < -0.39 is 27.3 Å². The molecule has 8 nitrogen and oxygen atoms in total. The smallest absolute Gasteiger partial charge is 0.410 e. The normalized spacial score (nSPS) is 12.0. The van der Waals surface area contributed by atoms with Crippen LogP contribution in [0.1, 0.15) is 37.7 Å². The van der Waals surface area contributed by atoms with Crippen molar-refractivity contribution >= 4 is 15.9 Å². The van der Waals surface area contributed by atoms with E-state index in [1.165, 1.54) is 42.4 Å². The fourth-order valence-corrected chi connectivity index (χ4v) is 4.35. The summed E-state index contributed by atoms with van der Waals surface area (Å²) in [5.41, 5.74) is 0.877. The lowest BCUT2D eigenvalue weighted by Crippen LogP contribution is -2.33. The van der Waals surface area contributed by atoms with Gasteiger partial charge in [-0.3, -0.25) is 4.98 Å². The molecule has 3 aromatic rings. The number of halogens is 1. The van der Waals surface area contributed by atoms with E-state index in [-0.39, 0.29) is 27.8 Å². The summed E-state index contributed by atoms with van der Waals surface area (Å²) < 4.78 is 48.0. The fourth-order valence-electron chi connectivity index (χ4n) is 3.02. The number of hydrogen-bond donors (Lipinski definition) is 0. The Balaban J connectivity index is 2.08. The number of sulfone groups is 1. The van der Waals surface area contributed by atoms with Crippen molar-refractivity contribution in [3.8, 4) is 5.69 Å². The first-order chi connectivity index (χ1) is 15.3. The summed E-state index contributed by atoms with van der Waals surface area (Å²) in [6.45, 7) is 8.67. The molecule has 0 aliphatic rings. The van der Waals surface area contributed by atoms with Crippen molar-refractivity contribution in [3.63, 3.8) is 0 Å². The van der Waals surface area contributed by atoms with Gasteiger partial charge in [-0.2, -0.15) is 5.10 Å². The summed E-state index contributed by atoms with van der Waals surface area (Å²) >= 11 is 0. The lowest BCUT2D eigenvalue weighted by molar-refractivity contribution is 0.0283. The average molecular weight is 475 g/mol. The predicted octanol–water partition coefficient (Wildman–Crippen LogP) is 4.22. The van der Waals surface area contributed by atoms with Gasteiger partial charge in [0.05, 0.1) is 17.1 Å². The average Bonchev–Trinajstić information content (AvgIpc) is 3.11. The minimum atomic E-state index is -4.09. The third-order valence-electron chi connectivity index (χ3n) is 4.63. The van der Waals surface area contributed by atoms with Crippen LogP contribution in [0.3, 0.4) is 0 Å². The molecule has 0 aliphatic heterocycles. The number of rotatable bonds is 5. The second-order valence-corrected chi connectivity index (χ2v) is 10.7. The van der Waals surface area contributed by atoms with Crippen LogP contribution >= 0.6 is 0 Å². The number of amides is 1. The Morgan fingerprint density at radius 1 is 1.15 bits per heavy atom. The van der Waals surface area contributed by atoms with Crippen LogP contribution in [-0.2, 0) is 21.1 Å². The summed E-state index contributed by atoms with van der Waals surface area (Å²) in [4.78, 5) is 17.6. The lowest BCUT2D eigenvalue weighted by atomic mass is 10.2. The van der Waals surface area contributed by atoms with Crippen LogP contribution < -0.4 is 0 Å². The molecule has 0 N–H and O–H groups in total. The van der Waals surface area contributed by atoms with Gasteiger partial charge in [0.2, 0.25) is 9.84 Å². The summed E-state index contributed by atoms with van der Waals surface area (Å²) in [6, 6.07) is 8.77. The fraction of sp³-hybridized carbons (Fsp3) is 0.348. The highest BCUT2D eigenvalue weighted by atomic mass is 32.2. The molecular weight excluding hydrogens is 447 g/mol. The third-order valence-corrected chi connectivity index (χ3v) is 6.34. The zero-order valence-corrected chi connectivity index (χ0v) is 20.3. The zero-order chi connectivity index (χ0) is 24.6. The van der Waals surface area contributed by atoms with Gasteiger partial charge < -0.3 is 9.64 Å². The molecular formula is C23H27FN4O4S. The van der Waals surface area contributed by atoms with Gasteiger partial charge in [0.15, 0.2) is 5.03 Å². The maximum absolute atomic E-state index is 14.8. The Kier molecular flexibility index (Phi) is 6.60. The van der Waals surface area contributed by atoms with Crippen LogP contribution in [0.5, 0.6) is 0 Å². The first-order valence-corrected chi connectivity index (χ1v) is 11.7. The molecule has 10 heteroatoms. The number of ether oxygens (including phenoxy) is 1. The maximum atomic E-state index is 14.8. The SMILES string of the molecule is Cc1ccc(-n2nc(CN(C)C(=O)OC(C)(C)C)cc2S(=O)(=O)c2ccc(C)nc2)c(F)c1. The number of nitrogens with zero attached hydrogens (tertiary/aromatic N) is 4. The van der Waals surface area contributed by atoms with Crippen molar-refractivity contribution in [2.75, 3.05) is 7.05 Å². The van der Waals surface area contributed by atoms with E-state index in [4.69, 9.17) is 4.74 Å². The molecule has 0 saturated carbocycles. The van der Waals surface area contributed by atoms with Crippen molar-refractivity contribution in [3.05, 3.63) is 65.4 Å². The second-order valence-electron chi connectivity index (χ2n) is 8.82. The van der Waals surface area contributed by atoms with Crippen LogP contribution in [0.15, 0.2) is 52.5 Å². The summed E-state index contributed by atoms with van der Waals surface area (Å²) in [5, 5.41) is 4.09. The van der Waals surface area contributed by atoms with Crippen molar-refractivity contribution in [1.82, 2.24) is 19.7 Å². The Labute approximate surface area is 192 Å². The number of benzene rings is 1. The van der Waals surface area contributed by atoms with Gasteiger partial charge in [0.1, 0.15) is 17.1 Å². The van der Waals surface area contributed by atoms with Crippen LogP contribution in [-0.4, -0.2) is 46.8 Å². The number of carbonyl (C=O) groups is 1. The number of hydrogen-bond acceptors (Lipinski definition) is 6. The number of pyridine rings is 1. The van der Waals surface area contributed by atoms with Crippen LogP contribution in [0.25, 0.3) is 5.69 Å². The first kappa shape index (κ1) is 24.4. The van der Waals surface area contributed by atoms with Crippen LogP contribution in [0, 0.1) is 19.7 Å². The third kappa shape index (κ3) is 5.57. The van der Waals surface area contributed by atoms with E-state index in [0.717, 1.165) is 4.68 Å². The molecule has 0 bridgehead atoms. The molecule has 0 fully saturated rings. The molecule has 33 heavy (non-hydrogen) atoms. The van der Waals surface area contributed by atoms with Crippen LogP contribution in [0.2, 0.25) is 0 Å². The van der Waals surface area contributed by atoms with E-state index in [0.29, 0.717) is 11.3 Å². The van der Waals surface area contributed by atoms with Crippen molar-refractivity contribution in [2.24, 2.45) is 0 Å². The second kappa shape index (κ2) is 8.93. The molecule has 0 unspecified atom stereocenters. The topological polar surface area (TPSA) is 94.4 Å². The van der Waals surface area contributed by atoms with Gasteiger partial charge in [-0.05, 0) is 64.4 Å². The molecule has 176 valence electrons. The van der Waals surface area contributed by atoms with Crippen molar-refractivity contribution in [2.45, 2.75) is 56.7 Å². The van der Waals surface area contributed by atoms with Gasteiger partial charge in [-0.25, -0.2) is 22.3 Å². The van der Waals surface area contributed by atoms with E-state index >= 15 is 0 Å². The lowest BCUT2D eigenvalue weighted by Gasteiger charge is -2.24. The molecule has 0 atom stereocenters. The quantitative estimate of drug-likeness (QED) is 0.550. The van der Waals surface area contributed by atoms with Gasteiger partial charge >= 0.3 is 6.09 Å². The molecule has 2 aromatic heterocycles. The predicted molar refractivity (Wildman–Crippen MR) is 120 cm³/mol. The summed E-state index contributed by atoms with van der Waals surface area (Å²) in [6.07, 6.45) is 0.658. The van der Waals surface area contributed by atoms with E-state index in [1.54, 1.807) is 46.8 Å². The van der Waals surface area contributed by atoms with E-state index in [9.17, 15) is 17.6 Å². The summed E-state index contributed by atoms with van der Waals surface area (Å²) in [7, 11) is -2.58. The van der Waals surface area contributed by atoms with Gasteiger partial charge in [0.25, 0.3) is 0 Å². The van der Waals surface area contributed by atoms with Crippen LogP contribution in [0.4, 0.5) is 9.18 Å². The molecule has 0 spiro atoms. The molecule has 0 aliphatic carbocycles. The van der Waals surface area contributed by atoms with Gasteiger partial charge in [-0.1, -0.05) is 6.07 Å². The van der Waals surface area contributed by atoms with E-state index in [2.05, 4.69) is 10.1 Å². The number of aromatic nitrogens is 3. The monoisotopic (exact) mass is 474 g/mol. The maximum Gasteiger partial charge on any atom is 0.410 e. The highest BCUT2D eigenvalue weighted by Crippen LogP contribution is 2.26. The molecule has 0 saturated heterocycles. The molecule has 0 radical (unpaired) electrons. The van der Waals surface area contributed by atoms with E-state index in [1.807, 2.05) is 0 Å². The Morgan fingerprint density at radius 2 is 1.85 bits per heavy atom.